The van der Waals surface area contributed by atoms with Crippen molar-refractivity contribution in [3.05, 3.63) is 41.6 Å². The number of benzene rings is 1. The van der Waals surface area contributed by atoms with Gasteiger partial charge in [-0.25, -0.2) is 0 Å². The zero-order chi connectivity index (χ0) is 14.2. The van der Waals surface area contributed by atoms with Crippen molar-refractivity contribution in [3.8, 4) is 0 Å². The van der Waals surface area contributed by atoms with Gasteiger partial charge in [0.25, 0.3) is 0 Å². The summed E-state index contributed by atoms with van der Waals surface area (Å²) < 4.78 is 0. The molecule has 1 N–H and O–H groups in total. The van der Waals surface area contributed by atoms with E-state index in [0.717, 1.165) is 23.8 Å². The summed E-state index contributed by atoms with van der Waals surface area (Å²) >= 11 is 0. The van der Waals surface area contributed by atoms with E-state index in [0.29, 0.717) is 6.04 Å². The highest BCUT2D eigenvalue weighted by Crippen LogP contribution is 2.24. The van der Waals surface area contributed by atoms with Crippen LogP contribution in [0.15, 0.2) is 30.3 Å². The molecule has 110 valence electrons. The Morgan fingerprint density at radius 1 is 1.19 bits per heavy atom. The third kappa shape index (κ3) is 2.68. The van der Waals surface area contributed by atoms with Gasteiger partial charge in [-0.2, -0.15) is 0 Å². The second kappa shape index (κ2) is 5.39. The molecular weight excluding hydrogens is 258 g/mol. The molecule has 2 bridgehead atoms. The van der Waals surface area contributed by atoms with Crippen LogP contribution in [0, 0.1) is 6.92 Å². The Morgan fingerprint density at radius 2 is 2.05 bits per heavy atom. The first-order chi connectivity index (χ1) is 10.3. The summed E-state index contributed by atoms with van der Waals surface area (Å²) in [6.45, 7) is 5.55. The maximum atomic E-state index is 4.66. The van der Waals surface area contributed by atoms with E-state index in [1.165, 1.54) is 43.3 Å². The van der Waals surface area contributed by atoms with Gasteiger partial charge in [0.1, 0.15) is 0 Å². The molecule has 0 saturated carbocycles. The van der Waals surface area contributed by atoms with Gasteiger partial charge in [0.2, 0.25) is 0 Å². The summed E-state index contributed by atoms with van der Waals surface area (Å²) in [4.78, 5) is 7.28. The first-order valence-corrected chi connectivity index (χ1v) is 8.11. The fraction of sp³-hybridized carbons (Fsp3) is 0.500. The minimum Gasteiger partial charge on any atom is -0.310 e. The summed E-state index contributed by atoms with van der Waals surface area (Å²) in [6.07, 6.45) is 4.01. The molecule has 3 heteroatoms. The molecule has 0 radical (unpaired) electrons. The minimum atomic E-state index is 0.701. The predicted octanol–water partition coefficient (Wildman–Crippen LogP) is 2.87. The zero-order valence-corrected chi connectivity index (χ0v) is 12.7. The lowest BCUT2D eigenvalue weighted by Crippen LogP contribution is -2.35. The van der Waals surface area contributed by atoms with Gasteiger partial charge in [-0.15, -0.1) is 0 Å². The second-order valence-electron chi connectivity index (χ2n) is 6.60. The van der Waals surface area contributed by atoms with E-state index in [-0.39, 0.29) is 0 Å². The lowest BCUT2D eigenvalue weighted by Gasteiger charge is -2.24. The van der Waals surface area contributed by atoms with Crippen LogP contribution >= 0.6 is 0 Å². The van der Waals surface area contributed by atoms with Crippen molar-refractivity contribution in [2.45, 2.75) is 44.8 Å². The molecule has 1 aromatic carbocycles. The molecule has 3 nitrogen and oxygen atoms in total. The van der Waals surface area contributed by atoms with Gasteiger partial charge < -0.3 is 5.32 Å². The topological polar surface area (TPSA) is 28.2 Å². The number of fused-ring (bicyclic) bond motifs is 3. The molecule has 2 atom stereocenters. The Bertz CT molecular complexity index is 652. The molecule has 2 aromatic rings. The first kappa shape index (κ1) is 13.2. The van der Waals surface area contributed by atoms with Crippen molar-refractivity contribution in [3.63, 3.8) is 0 Å². The van der Waals surface area contributed by atoms with Crippen molar-refractivity contribution >= 4 is 10.9 Å². The van der Waals surface area contributed by atoms with Crippen LogP contribution in [0.25, 0.3) is 10.9 Å². The molecule has 2 saturated heterocycles. The lowest BCUT2D eigenvalue weighted by molar-refractivity contribution is 0.251. The third-order valence-electron chi connectivity index (χ3n) is 4.93. The summed E-state index contributed by atoms with van der Waals surface area (Å²) in [6, 6.07) is 12.3. The fourth-order valence-corrected chi connectivity index (χ4v) is 3.93. The molecule has 2 fully saturated rings. The van der Waals surface area contributed by atoms with Gasteiger partial charge in [0.15, 0.2) is 0 Å². The van der Waals surface area contributed by atoms with Crippen molar-refractivity contribution < 1.29 is 0 Å². The number of rotatable bonds is 2. The highest BCUT2D eigenvalue weighted by atomic mass is 15.2. The minimum absolute atomic E-state index is 0.701. The van der Waals surface area contributed by atoms with Gasteiger partial charge in [-0.3, -0.25) is 9.88 Å². The van der Waals surface area contributed by atoms with Crippen molar-refractivity contribution in [1.82, 2.24) is 15.2 Å². The third-order valence-corrected chi connectivity index (χ3v) is 4.93. The average Bonchev–Trinajstić information content (AvgIpc) is 2.81. The Balaban J connectivity index is 1.62. The maximum absolute atomic E-state index is 4.66. The molecule has 0 aliphatic carbocycles. The molecule has 0 amide bonds. The Kier molecular flexibility index (Phi) is 3.40. The quantitative estimate of drug-likeness (QED) is 0.917. The van der Waals surface area contributed by atoms with Crippen LogP contribution in [0.2, 0.25) is 0 Å². The number of pyridine rings is 1. The van der Waals surface area contributed by atoms with E-state index in [2.05, 4.69) is 52.5 Å². The fourth-order valence-electron chi connectivity index (χ4n) is 3.93. The van der Waals surface area contributed by atoms with Gasteiger partial charge in [0.05, 0.1) is 5.52 Å². The molecule has 2 unspecified atom stereocenters. The number of nitrogens with one attached hydrogen (secondary N) is 1. The normalized spacial score (nSPS) is 26.1. The number of likely N-dealkylation sites (tertiary alicyclic amines) is 1. The maximum Gasteiger partial charge on any atom is 0.0708 e. The predicted molar refractivity (Wildman–Crippen MR) is 86.3 cm³/mol. The van der Waals surface area contributed by atoms with Gasteiger partial charge >= 0.3 is 0 Å². The van der Waals surface area contributed by atoms with E-state index in [4.69, 9.17) is 0 Å². The first-order valence-electron chi connectivity index (χ1n) is 8.11. The van der Waals surface area contributed by atoms with Gasteiger partial charge in [-0.1, -0.05) is 18.2 Å². The van der Waals surface area contributed by atoms with Crippen molar-refractivity contribution in [2.75, 3.05) is 13.1 Å². The highest BCUT2D eigenvalue weighted by Gasteiger charge is 2.29. The largest absolute Gasteiger partial charge is 0.310 e. The number of aromatic nitrogens is 1. The number of hydrogen-bond acceptors (Lipinski definition) is 3. The van der Waals surface area contributed by atoms with Crippen LogP contribution in [0.4, 0.5) is 0 Å². The van der Waals surface area contributed by atoms with E-state index in [9.17, 15) is 0 Å². The molecular formula is C18H23N3. The summed E-state index contributed by atoms with van der Waals surface area (Å²) in [5.41, 5.74) is 3.68. The standard InChI is InChI=1S/C18H23N3/c1-13-10-14(17-4-2-3-5-18(17)19-13)11-21-9-8-15-6-7-16(12-21)20-15/h2-5,10,15-16,20H,6-9,11-12H2,1H3. The van der Waals surface area contributed by atoms with Crippen LogP contribution in [0.3, 0.4) is 0 Å². The average molecular weight is 281 g/mol. The number of aryl methyl sites for hydroxylation is 1. The van der Waals surface area contributed by atoms with Crippen molar-refractivity contribution in [1.29, 1.82) is 0 Å². The zero-order valence-electron chi connectivity index (χ0n) is 12.7. The second-order valence-corrected chi connectivity index (χ2v) is 6.60. The van der Waals surface area contributed by atoms with Gasteiger partial charge in [0, 0.05) is 42.8 Å². The van der Waals surface area contributed by atoms with Crippen LogP contribution in [-0.2, 0) is 6.54 Å². The Labute approximate surface area is 126 Å². The smallest absolute Gasteiger partial charge is 0.0708 e. The summed E-state index contributed by atoms with van der Waals surface area (Å²) in [7, 11) is 0. The van der Waals surface area contributed by atoms with E-state index in [1.807, 2.05) is 0 Å². The molecule has 0 spiro atoms. The number of para-hydroxylation sites is 1. The van der Waals surface area contributed by atoms with Crippen LogP contribution < -0.4 is 5.32 Å². The molecule has 3 heterocycles. The molecule has 4 rings (SSSR count). The van der Waals surface area contributed by atoms with Gasteiger partial charge in [-0.05, 0) is 43.9 Å². The monoisotopic (exact) mass is 281 g/mol. The molecule has 1 aromatic heterocycles. The van der Waals surface area contributed by atoms with Crippen molar-refractivity contribution in [2.24, 2.45) is 0 Å². The summed E-state index contributed by atoms with van der Waals surface area (Å²) in [5.74, 6) is 0. The summed E-state index contributed by atoms with van der Waals surface area (Å²) in [5, 5.41) is 5.07. The Morgan fingerprint density at radius 3 is 3.00 bits per heavy atom. The molecule has 2 aliphatic heterocycles. The number of nitrogens with zero attached hydrogens (tertiary/aromatic N) is 2. The van der Waals surface area contributed by atoms with Crippen LogP contribution in [0.1, 0.15) is 30.5 Å². The van der Waals surface area contributed by atoms with E-state index >= 15 is 0 Å². The van der Waals surface area contributed by atoms with E-state index in [1.54, 1.807) is 0 Å². The SMILES string of the molecule is Cc1cc(CN2CCC3CCC(C2)N3)c2ccccc2n1. The molecule has 21 heavy (non-hydrogen) atoms. The molecule has 2 aliphatic rings. The van der Waals surface area contributed by atoms with E-state index < -0.39 is 0 Å². The lowest BCUT2D eigenvalue weighted by atomic mass is 10.0. The highest BCUT2D eigenvalue weighted by molar-refractivity contribution is 5.82. The Hall–Kier alpha value is -1.45. The number of hydrogen-bond donors (Lipinski definition) is 1. The van der Waals surface area contributed by atoms with Crippen LogP contribution in [-0.4, -0.2) is 35.1 Å². The van der Waals surface area contributed by atoms with Crippen LogP contribution in [0.5, 0.6) is 0 Å².